The number of benzene rings is 1. The molecule has 0 amide bonds. The molecule has 0 radical (unpaired) electrons. The van der Waals surface area contributed by atoms with Crippen molar-refractivity contribution in [2.75, 3.05) is 0 Å². The summed E-state index contributed by atoms with van der Waals surface area (Å²) in [5.41, 5.74) is 12.4. The molecule has 1 aromatic rings. The second kappa shape index (κ2) is 8.08. The molecule has 0 saturated heterocycles. The largest absolute Gasteiger partial charge is 0.389 e. The Morgan fingerprint density at radius 3 is 1.94 bits per heavy atom. The van der Waals surface area contributed by atoms with Crippen LogP contribution in [0.25, 0.3) is 5.57 Å². The number of nitrogens with two attached hydrogens (primary N) is 2. The summed E-state index contributed by atoms with van der Waals surface area (Å²) in [5.74, 6) is 0. The lowest BCUT2D eigenvalue weighted by atomic mass is 10.1. The maximum atomic E-state index is 5.72. The third kappa shape index (κ3) is 5.10. The number of allylic oxidation sites excluding steroid dienone is 2. The highest BCUT2D eigenvalue weighted by Crippen LogP contribution is 2.20. The fourth-order valence-electron chi connectivity index (χ4n) is 1.05. The Morgan fingerprint density at radius 2 is 1.56 bits per heavy atom. The molecule has 0 aliphatic carbocycles. The third-order valence-corrected chi connectivity index (χ3v) is 1.94. The van der Waals surface area contributed by atoms with Gasteiger partial charge >= 0.3 is 0 Å². The quantitative estimate of drug-likeness (QED) is 0.629. The number of halogens is 2. The maximum absolute atomic E-state index is 5.72. The Hall–Kier alpha value is -1.12. The Bertz CT molecular complexity index is 362. The Balaban J connectivity index is 0.00000106. The van der Waals surface area contributed by atoms with Gasteiger partial charge in [0.1, 0.15) is 5.16 Å². The minimum Gasteiger partial charge on any atom is -0.389 e. The summed E-state index contributed by atoms with van der Waals surface area (Å²) in [4.78, 5) is 0. The van der Waals surface area contributed by atoms with E-state index in [4.69, 9.17) is 34.7 Å². The zero-order valence-corrected chi connectivity index (χ0v) is 10.9. The van der Waals surface area contributed by atoms with Gasteiger partial charge in [0.15, 0.2) is 0 Å². The smallest absolute Gasteiger partial charge is 0.107 e. The summed E-state index contributed by atoms with van der Waals surface area (Å²) >= 11 is 11.3. The van der Waals surface area contributed by atoms with E-state index in [1.807, 2.05) is 44.2 Å². The van der Waals surface area contributed by atoms with Gasteiger partial charge in [-0.25, -0.2) is 0 Å². The molecule has 1 aromatic carbocycles. The van der Waals surface area contributed by atoms with Crippen molar-refractivity contribution in [3.63, 3.8) is 0 Å². The van der Waals surface area contributed by atoms with Crippen LogP contribution in [0.2, 0.25) is 0 Å². The molecule has 0 bridgehead atoms. The molecular weight excluding hydrogens is 243 g/mol. The normalized spacial score (nSPS) is 12.4. The van der Waals surface area contributed by atoms with Crippen LogP contribution in [0.15, 0.2) is 46.7 Å². The van der Waals surface area contributed by atoms with Crippen molar-refractivity contribution < 1.29 is 0 Å². The van der Waals surface area contributed by atoms with Crippen molar-refractivity contribution in [1.82, 2.24) is 0 Å². The van der Waals surface area contributed by atoms with Gasteiger partial charge in [0.05, 0.1) is 5.16 Å². The zero-order chi connectivity index (χ0) is 12.6. The fraction of sp³-hybridized carbons (Fsp3) is 0.167. The first-order valence-corrected chi connectivity index (χ1v) is 5.70. The maximum Gasteiger partial charge on any atom is 0.107 e. The first-order valence-electron chi connectivity index (χ1n) is 4.94. The van der Waals surface area contributed by atoms with E-state index in [2.05, 4.69) is 0 Å². The van der Waals surface area contributed by atoms with E-state index < -0.39 is 0 Å². The van der Waals surface area contributed by atoms with E-state index in [0.717, 1.165) is 5.56 Å². The van der Waals surface area contributed by atoms with Crippen molar-refractivity contribution >= 4 is 28.8 Å². The minimum atomic E-state index is 0.146. The van der Waals surface area contributed by atoms with Crippen LogP contribution in [-0.2, 0) is 0 Å². The molecule has 0 saturated carbocycles. The SMILES string of the molecule is CC.N/C(Cl)=C(\C=C(/N)Cl)c1ccccc1. The zero-order valence-electron chi connectivity index (χ0n) is 9.37. The Labute approximate surface area is 107 Å². The van der Waals surface area contributed by atoms with Gasteiger partial charge in [0, 0.05) is 5.57 Å². The van der Waals surface area contributed by atoms with E-state index in [0.29, 0.717) is 5.57 Å². The molecule has 0 aliphatic heterocycles. The van der Waals surface area contributed by atoms with Crippen LogP contribution in [0.3, 0.4) is 0 Å². The van der Waals surface area contributed by atoms with E-state index in [-0.39, 0.29) is 10.3 Å². The molecule has 0 unspecified atom stereocenters. The number of hydrogen-bond donors (Lipinski definition) is 2. The van der Waals surface area contributed by atoms with Gasteiger partial charge in [0.25, 0.3) is 0 Å². The van der Waals surface area contributed by atoms with Crippen molar-refractivity contribution in [3.05, 3.63) is 52.3 Å². The van der Waals surface area contributed by atoms with Crippen LogP contribution < -0.4 is 11.5 Å². The predicted molar refractivity (Wildman–Crippen MR) is 72.9 cm³/mol. The number of rotatable bonds is 2. The lowest BCUT2D eigenvalue weighted by Gasteiger charge is -2.03. The summed E-state index contributed by atoms with van der Waals surface area (Å²) in [5, 5.41) is 0.312. The van der Waals surface area contributed by atoms with Crippen LogP contribution in [0.5, 0.6) is 0 Å². The van der Waals surface area contributed by atoms with Crippen molar-refractivity contribution in [2.24, 2.45) is 11.5 Å². The molecule has 16 heavy (non-hydrogen) atoms. The lowest BCUT2D eigenvalue weighted by Crippen LogP contribution is -1.96. The summed E-state index contributed by atoms with van der Waals surface area (Å²) in [6.45, 7) is 4.00. The molecule has 4 N–H and O–H groups in total. The molecule has 4 heteroatoms. The Morgan fingerprint density at radius 1 is 1.06 bits per heavy atom. The van der Waals surface area contributed by atoms with E-state index in [9.17, 15) is 0 Å². The van der Waals surface area contributed by atoms with Gasteiger partial charge in [0.2, 0.25) is 0 Å². The summed E-state index contributed by atoms with van der Waals surface area (Å²) in [6.07, 6.45) is 1.53. The molecule has 88 valence electrons. The van der Waals surface area contributed by atoms with Gasteiger partial charge in [-0.3, -0.25) is 0 Å². The first kappa shape index (κ1) is 14.9. The van der Waals surface area contributed by atoms with Crippen LogP contribution in [0, 0.1) is 0 Å². The second-order valence-electron chi connectivity index (χ2n) is 2.66. The van der Waals surface area contributed by atoms with Gasteiger partial charge in [-0.2, -0.15) is 0 Å². The third-order valence-electron chi connectivity index (χ3n) is 1.62. The van der Waals surface area contributed by atoms with Crippen LogP contribution in [0.4, 0.5) is 0 Å². The average molecular weight is 259 g/mol. The molecular formula is C12H16Cl2N2. The van der Waals surface area contributed by atoms with Crippen LogP contribution in [0.1, 0.15) is 19.4 Å². The average Bonchev–Trinajstić information content (AvgIpc) is 2.29. The summed E-state index contributed by atoms with van der Waals surface area (Å²) in [6, 6.07) is 9.42. The second-order valence-corrected chi connectivity index (χ2v) is 3.50. The van der Waals surface area contributed by atoms with Crippen LogP contribution in [-0.4, -0.2) is 0 Å². The molecule has 1 rings (SSSR count). The molecule has 0 fully saturated rings. The first-order chi connectivity index (χ1) is 7.61. The molecule has 0 atom stereocenters. The summed E-state index contributed by atoms with van der Waals surface area (Å²) in [7, 11) is 0. The molecule has 0 spiro atoms. The monoisotopic (exact) mass is 258 g/mol. The summed E-state index contributed by atoms with van der Waals surface area (Å²) < 4.78 is 0. The fourth-order valence-corrected chi connectivity index (χ4v) is 1.32. The molecule has 0 aliphatic rings. The molecule has 0 heterocycles. The highest BCUT2D eigenvalue weighted by molar-refractivity contribution is 6.34. The molecule has 0 aromatic heterocycles. The highest BCUT2D eigenvalue weighted by atomic mass is 35.5. The number of hydrogen-bond acceptors (Lipinski definition) is 2. The van der Waals surface area contributed by atoms with Crippen molar-refractivity contribution in [2.45, 2.75) is 13.8 Å². The topological polar surface area (TPSA) is 52.0 Å². The minimum absolute atomic E-state index is 0.146. The van der Waals surface area contributed by atoms with Crippen molar-refractivity contribution in [1.29, 1.82) is 0 Å². The van der Waals surface area contributed by atoms with Gasteiger partial charge < -0.3 is 11.5 Å². The standard InChI is InChI=1S/C10H10Cl2N2.C2H6/c11-9(13)6-8(10(12)14)7-4-2-1-3-5-7;1-2/h1-6H,13-14H2;1-2H3/b9-6-,10-8+;. The van der Waals surface area contributed by atoms with Crippen molar-refractivity contribution in [3.8, 4) is 0 Å². The van der Waals surface area contributed by atoms with Gasteiger partial charge in [-0.05, 0) is 11.6 Å². The van der Waals surface area contributed by atoms with E-state index >= 15 is 0 Å². The lowest BCUT2D eigenvalue weighted by molar-refractivity contribution is 1.48. The van der Waals surface area contributed by atoms with Gasteiger partial charge in [-0.1, -0.05) is 67.4 Å². The van der Waals surface area contributed by atoms with Crippen LogP contribution >= 0.6 is 23.2 Å². The predicted octanol–water partition coefficient (Wildman–Crippen LogP) is 3.62. The Kier molecular flexibility index (Phi) is 7.52. The van der Waals surface area contributed by atoms with E-state index in [1.165, 1.54) is 6.08 Å². The van der Waals surface area contributed by atoms with E-state index in [1.54, 1.807) is 0 Å². The highest BCUT2D eigenvalue weighted by Gasteiger charge is 2.02. The van der Waals surface area contributed by atoms with Gasteiger partial charge in [-0.15, -0.1) is 0 Å². The molecule has 2 nitrogen and oxygen atoms in total.